The molecule has 5 heteroatoms. The number of aryl methyl sites for hydroxylation is 1. The summed E-state index contributed by atoms with van der Waals surface area (Å²) in [4.78, 5) is 23.1. The molecule has 0 spiro atoms. The Bertz CT molecular complexity index is 495. The molecule has 1 N–H and O–H groups in total. The van der Waals surface area contributed by atoms with Gasteiger partial charge in [0, 0.05) is 6.04 Å². The Labute approximate surface area is 124 Å². The van der Waals surface area contributed by atoms with Crippen molar-refractivity contribution in [2.45, 2.75) is 38.6 Å². The molecule has 0 radical (unpaired) electrons. The van der Waals surface area contributed by atoms with Gasteiger partial charge in [-0.25, -0.2) is 4.79 Å². The molecule has 0 heterocycles. The van der Waals surface area contributed by atoms with E-state index >= 15 is 0 Å². The van der Waals surface area contributed by atoms with Crippen LogP contribution in [0.2, 0.25) is 0 Å². The highest BCUT2D eigenvalue weighted by Gasteiger charge is 2.17. The first-order valence-corrected chi connectivity index (χ1v) is 7.28. The van der Waals surface area contributed by atoms with Crippen molar-refractivity contribution in [1.82, 2.24) is 5.32 Å². The van der Waals surface area contributed by atoms with Gasteiger partial charge >= 0.3 is 5.97 Å². The number of benzene rings is 1. The molecular formula is C16H21NO4. The van der Waals surface area contributed by atoms with Crippen LogP contribution in [0.1, 0.15) is 31.2 Å². The minimum Gasteiger partial charge on any atom is -0.482 e. The summed E-state index contributed by atoms with van der Waals surface area (Å²) < 4.78 is 10.3. The highest BCUT2D eigenvalue weighted by atomic mass is 16.6. The molecule has 1 saturated carbocycles. The fourth-order valence-electron chi connectivity index (χ4n) is 2.38. The van der Waals surface area contributed by atoms with Gasteiger partial charge in [0.25, 0.3) is 5.91 Å². The highest BCUT2D eigenvalue weighted by molar-refractivity contribution is 5.81. The van der Waals surface area contributed by atoms with Gasteiger partial charge in [-0.2, -0.15) is 0 Å². The maximum atomic E-state index is 11.6. The second-order valence-corrected chi connectivity index (χ2v) is 5.26. The molecule has 0 atom stereocenters. The van der Waals surface area contributed by atoms with Crippen molar-refractivity contribution in [2.75, 3.05) is 13.2 Å². The minimum atomic E-state index is -0.542. The molecule has 1 aromatic rings. The lowest BCUT2D eigenvalue weighted by Crippen LogP contribution is -2.36. The number of para-hydroxylation sites is 1. The lowest BCUT2D eigenvalue weighted by atomic mass is 10.2. The molecule has 1 fully saturated rings. The van der Waals surface area contributed by atoms with Gasteiger partial charge in [-0.1, -0.05) is 31.0 Å². The Morgan fingerprint density at radius 1 is 1.19 bits per heavy atom. The van der Waals surface area contributed by atoms with Gasteiger partial charge in [-0.15, -0.1) is 0 Å². The topological polar surface area (TPSA) is 64.6 Å². The van der Waals surface area contributed by atoms with Gasteiger partial charge < -0.3 is 14.8 Å². The zero-order valence-electron chi connectivity index (χ0n) is 12.3. The van der Waals surface area contributed by atoms with Crippen molar-refractivity contribution in [3.05, 3.63) is 29.8 Å². The number of esters is 1. The fourth-order valence-corrected chi connectivity index (χ4v) is 2.38. The molecule has 0 saturated heterocycles. The zero-order chi connectivity index (χ0) is 15.1. The van der Waals surface area contributed by atoms with Crippen LogP contribution < -0.4 is 10.1 Å². The number of rotatable bonds is 6. The molecule has 0 bridgehead atoms. The van der Waals surface area contributed by atoms with Gasteiger partial charge in [-0.05, 0) is 31.4 Å². The van der Waals surface area contributed by atoms with Crippen LogP contribution in [0.3, 0.4) is 0 Å². The molecule has 1 aliphatic rings. The zero-order valence-corrected chi connectivity index (χ0v) is 12.3. The minimum absolute atomic E-state index is 0.193. The molecule has 1 aromatic carbocycles. The summed E-state index contributed by atoms with van der Waals surface area (Å²) >= 11 is 0. The first-order chi connectivity index (χ1) is 10.1. The Morgan fingerprint density at radius 2 is 1.90 bits per heavy atom. The molecule has 0 aromatic heterocycles. The van der Waals surface area contributed by atoms with Crippen LogP contribution >= 0.6 is 0 Å². The van der Waals surface area contributed by atoms with Crippen LogP contribution in [0, 0.1) is 6.92 Å². The van der Waals surface area contributed by atoms with E-state index in [9.17, 15) is 9.59 Å². The first kappa shape index (κ1) is 15.4. The van der Waals surface area contributed by atoms with E-state index in [1.165, 1.54) is 0 Å². The van der Waals surface area contributed by atoms with Gasteiger partial charge in [0.15, 0.2) is 13.2 Å². The van der Waals surface area contributed by atoms with E-state index < -0.39 is 5.97 Å². The average Bonchev–Trinajstić information content (AvgIpc) is 2.97. The summed E-state index contributed by atoms with van der Waals surface area (Å²) in [6, 6.07) is 7.65. The quantitative estimate of drug-likeness (QED) is 0.814. The lowest BCUT2D eigenvalue weighted by Gasteiger charge is -2.12. The Morgan fingerprint density at radius 3 is 2.62 bits per heavy atom. The third kappa shape index (κ3) is 5.10. The Kier molecular flexibility index (Phi) is 5.60. The van der Waals surface area contributed by atoms with Crippen LogP contribution in [-0.4, -0.2) is 31.1 Å². The van der Waals surface area contributed by atoms with Crippen LogP contribution in [0.5, 0.6) is 5.75 Å². The summed E-state index contributed by atoms with van der Waals surface area (Å²) in [5, 5.41) is 2.86. The van der Waals surface area contributed by atoms with Crippen LogP contribution in [0.4, 0.5) is 0 Å². The van der Waals surface area contributed by atoms with E-state index in [2.05, 4.69) is 5.32 Å². The molecule has 0 unspecified atom stereocenters. The Hall–Kier alpha value is -2.04. The number of hydrogen-bond donors (Lipinski definition) is 1. The van der Waals surface area contributed by atoms with Gasteiger partial charge in [-0.3, -0.25) is 4.79 Å². The molecule has 1 amide bonds. The second kappa shape index (κ2) is 7.67. The number of hydrogen-bond acceptors (Lipinski definition) is 4. The highest BCUT2D eigenvalue weighted by Crippen LogP contribution is 2.17. The molecule has 114 valence electrons. The maximum Gasteiger partial charge on any atom is 0.344 e. The number of carbonyl (C=O) groups excluding carboxylic acids is 2. The standard InChI is InChI=1S/C16H21NO4/c1-12-6-2-5-9-14(12)20-11-16(19)21-10-15(18)17-13-7-3-4-8-13/h2,5-6,9,13H,3-4,7-8,10-11H2,1H3,(H,17,18). The molecule has 5 nitrogen and oxygen atoms in total. The predicted octanol–water partition coefficient (Wildman–Crippen LogP) is 1.98. The first-order valence-electron chi connectivity index (χ1n) is 7.28. The van der Waals surface area contributed by atoms with Crippen molar-refractivity contribution in [1.29, 1.82) is 0 Å². The van der Waals surface area contributed by atoms with E-state index in [-0.39, 0.29) is 25.2 Å². The van der Waals surface area contributed by atoms with E-state index in [0.717, 1.165) is 31.2 Å². The summed E-state index contributed by atoms with van der Waals surface area (Å²) in [5.74, 6) is -0.143. The molecule has 0 aliphatic heterocycles. The third-order valence-electron chi connectivity index (χ3n) is 3.52. The largest absolute Gasteiger partial charge is 0.482 e. The smallest absolute Gasteiger partial charge is 0.344 e. The van der Waals surface area contributed by atoms with Crippen molar-refractivity contribution in [3.8, 4) is 5.75 Å². The molecule has 21 heavy (non-hydrogen) atoms. The average molecular weight is 291 g/mol. The van der Waals surface area contributed by atoms with Crippen LogP contribution in [-0.2, 0) is 14.3 Å². The van der Waals surface area contributed by atoms with Crippen molar-refractivity contribution in [3.63, 3.8) is 0 Å². The summed E-state index contributed by atoms with van der Waals surface area (Å²) in [5.41, 5.74) is 0.948. The number of ether oxygens (including phenoxy) is 2. The Balaban J connectivity index is 1.65. The summed E-state index contributed by atoms with van der Waals surface area (Å²) in [6.45, 7) is 1.46. The van der Waals surface area contributed by atoms with Crippen molar-refractivity contribution in [2.24, 2.45) is 0 Å². The van der Waals surface area contributed by atoms with Gasteiger partial charge in [0.1, 0.15) is 5.75 Å². The van der Waals surface area contributed by atoms with Crippen molar-refractivity contribution < 1.29 is 19.1 Å². The van der Waals surface area contributed by atoms with E-state index in [1.807, 2.05) is 25.1 Å². The fraction of sp³-hybridized carbons (Fsp3) is 0.500. The SMILES string of the molecule is Cc1ccccc1OCC(=O)OCC(=O)NC1CCCC1. The van der Waals surface area contributed by atoms with Crippen LogP contribution in [0.15, 0.2) is 24.3 Å². The van der Waals surface area contributed by atoms with E-state index in [0.29, 0.717) is 5.75 Å². The van der Waals surface area contributed by atoms with Crippen LogP contribution in [0.25, 0.3) is 0 Å². The molecule has 2 rings (SSSR count). The number of amides is 1. The number of carbonyl (C=O) groups is 2. The second-order valence-electron chi connectivity index (χ2n) is 5.26. The predicted molar refractivity (Wildman–Crippen MR) is 78.0 cm³/mol. The molecular weight excluding hydrogens is 270 g/mol. The van der Waals surface area contributed by atoms with E-state index in [4.69, 9.17) is 9.47 Å². The molecule has 1 aliphatic carbocycles. The maximum absolute atomic E-state index is 11.6. The lowest BCUT2D eigenvalue weighted by molar-refractivity contribution is -0.150. The summed E-state index contributed by atoms with van der Waals surface area (Å²) in [7, 11) is 0. The number of nitrogens with one attached hydrogen (secondary N) is 1. The monoisotopic (exact) mass is 291 g/mol. The summed E-state index contributed by atoms with van der Waals surface area (Å²) in [6.07, 6.45) is 4.32. The van der Waals surface area contributed by atoms with Gasteiger partial charge in [0.2, 0.25) is 0 Å². The van der Waals surface area contributed by atoms with Gasteiger partial charge in [0.05, 0.1) is 0 Å². The van der Waals surface area contributed by atoms with E-state index in [1.54, 1.807) is 6.07 Å². The third-order valence-corrected chi connectivity index (χ3v) is 3.52. The van der Waals surface area contributed by atoms with Crippen molar-refractivity contribution >= 4 is 11.9 Å². The normalized spacial score (nSPS) is 14.7.